The molecule has 6 rings (SSSR count). The lowest BCUT2D eigenvalue weighted by Crippen LogP contribution is -2.42. The standard InChI is InChI=1S/C30H21O4/c31-19-33-18-30(27-15-7-5-13-24(27)25-14-6-8-16-28(25)30)29(32)34-17-26-22-11-3-1-9-20(22)21-10-2-4-12-23(21)26/h1-16,26H,17-18H2. The molecule has 0 N–H and O–H groups in total. The predicted octanol–water partition coefficient (Wildman–Crippen LogP) is 5.39. The van der Waals surface area contributed by atoms with Crippen molar-refractivity contribution in [3.8, 4) is 22.3 Å². The van der Waals surface area contributed by atoms with Crippen molar-refractivity contribution < 1.29 is 19.1 Å². The molecular weight excluding hydrogens is 424 g/mol. The summed E-state index contributed by atoms with van der Waals surface area (Å²) in [5.41, 5.74) is 6.86. The van der Waals surface area contributed by atoms with E-state index in [1.807, 2.05) is 72.8 Å². The zero-order chi connectivity index (χ0) is 23.1. The summed E-state index contributed by atoms with van der Waals surface area (Å²) >= 11 is 0. The van der Waals surface area contributed by atoms with Crippen molar-refractivity contribution >= 4 is 12.4 Å². The van der Waals surface area contributed by atoms with E-state index in [1.165, 1.54) is 17.6 Å². The molecule has 2 aliphatic carbocycles. The lowest BCUT2D eigenvalue weighted by atomic mass is 9.79. The molecule has 0 bridgehead atoms. The maximum Gasteiger partial charge on any atom is 0.417 e. The van der Waals surface area contributed by atoms with E-state index < -0.39 is 11.4 Å². The summed E-state index contributed by atoms with van der Waals surface area (Å²) in [6.45, 7) is 1.53. The van der Waals surface area contributed by atoms with Crippen LogP contribution in [0.5, 0.6) is 0 Å². The van der Waals surface area contributed by atoms with Crippen molar-refractivity contribution in [3.05, 3.63) is 119 Å². The van der Waals surface area contributed by atoms with Gasteiger partial charge in [-0.2, -0.15) is 0 Å². The highest BCUT2D eigenvalue weighted by atomic mass is 16.5. The van der Waals surface area contributed by atoms with Crippen molar-refractivity contribution in [2.75, 3.05) is 13.2 Å². The Morgan fingerprint density at radius 3 is 1.71 bits per heavy atom. The van der Waals surface area contributed by atoms with Gasteiger partial charge in [0, 0.05) is 5.92 Å². The predicted molar refractivity (Wildman–Crippen MR) is 129 cm³/mol. The number of ether oxygens (including phenoxy) is 2. The summed E-state index contributed by atoms with van der Waals surface area (Å²) in [5.74, 6) is -0.485. The topological polar surface area (TPSA) is 52.6 Å². The average molecular weight is 445 g/mol. The van der Waals surface area contributed by atoms with Gasteiger partial charge in [-0.3, -0.25) is 4.79 Å². The fourth-order valence-electron chi connectivity index (χ4n) is 5.62. The van der Waals surface area contributed by atoms with E-state index in [9.17, 15) is 9.59 Å². The number of fused-ring (bicyclic) bond motifs is 6. The van der Waals surface area contributed by atoms with Gasteiger partial charge in [-0.05, 0) is 44.5 Å². The first-order valence-corrected chi connectivity index (χ1v) is 11.3. The molecule has 0 spiro atoms. The van der Waals surface area contributed by atoms with E-state index >= 15 is 0 Å². The van der Waals surface area contributed by atoms with Crippen LogP contribution in [-0.4, -0.2) is 25.7 Å². The maximum absolute atomic E-state index is 13.9. The van der Waals surface area contributed by atoms with Gasteiger partial charge in [0.15, 0.2) is 5.41 Å². The number of carbonyl (C=O) groups excluding carboxylic acids is 2. The summed E-state index contributed by atoms with van der Waals surface area (Å²) in [5, 5.41) is 0. The van der Waals surface area contributed by atoms with Crippen molar-refractivity contribution in [3.63, 3.8) is 0 Å². The van der Waals surface area contributed by atoms with Gasteiger partial charge in [-0.25, -0.2) is 4.79 Å². The van der Waals surface area contributed by atoms with Crippen LogP contribution in [0.15, 0.2) is 97.1 Å². The molecule has 0 heterocycles. The Labute approximate surface area is 197 Å². The second-order valence-electron chi connectivity index (χ2n) is 8.69. The Kier molecular flexibility index (Phi) is 4.80. The van der Waals surface area contributed by atoms with E-state index in [2.05, 4.69) is 24.3 Å². The van der Waals surface area contributed by atoms with Gasteiger partial charge in [0.25, 0.3) is 0 Å². The zero-order valence-corrected chi connectivity index (χ0v) is 18.4. The lowest BCUT2D eigenvalue weighted by molar-refractivity contribution is -0.150. The summed E-state index contributed by atoms with van der Waals surface area (Å²) in [4.78, 5) is 25.0. The SMILES string of the molecule is O=[C]OCC1(C(=O)OCC2c3ccccc3-c3ccccc32)c2ccccc2-c2ccccc21. The molecule has 4 nitrogen and oxygen atoms in total. The number of rotatable bonds is 6. The normalized spacial score (nSPS) is 14.5. The number of hydrogen-bond donors (Lipinski definition) is 0. The number of carbonyl (C=O) groups is 1. The molecule has 2 aliphatic rings. The molecule has 0 unspecified atom stereocenters. The van der Waals surface area contributed by atoms with Crippen LogP contribution in [0.2, 0.25) is 0 Å². The number of hydrogen-bond acceptors (Lipinski definition) is 4. The third-order valence-electron chi connectivity index (χ3n) is 7.10. The smallest absolute Gasteiger partial charge is 0.417 e. The summed E-state index contributed by atoms with van der Waals surface area (Å²) in [7, 11) is 0. The van der Waals surface area contributed by atoms with E-state index in [-0.39, 0.29) is 19.1 Å². The molecular formula is C30H21O4. The Bertz CT molecular complexity index is 1330. The molecule has 0 saturated heterocycles. The fraction of sp³-hybridized carbons (Fsp3) is 0.133. The van der Waals surface area contributed by atoms with Crippen LogP contribution in [0.3, 0.4) is 0 Å². The minimum Gasteiger partial charge on any atom is -0.464 e. The second kappa shape index (κ2) is 7.99. The molecule has 0 aliphatic heterocycles. The highest BCUT2D eigenvalue weighted by Gasteiger charge is 2.51. The van der Waals surface area contributed by atoms with Crippen LogP contribution < -0.4 is 0 Å². The molecule has 4 aromatic rings. The van der Waals surface area contributed by atoms with Gasteiger partial charge in [-0.15, -0.1) is 0 Å². The van der Waals surface area contributed by atoms with Gasteiger partial charge >= 0.3 is 12.4 Å². The van der Waals surface area contributed by atoms with Crippen molar-refractivity contribution in [2.45, 2.75) is 11.3 Å². The lowest BCUT2D eigenvalue weighted by Gasteiger charge is -2.29. The van der Waals surface area contributed by atoms with Gasteiger partial charge in [0.2, 0.25) is 0 Å². The third-order valence-corrected chi connectivity index (χ3v) is 7.10. The molecule has 34 heavy (non-hydrogen) atoms. The first-order chi connectivity index (χ1) is 16.8. The van der Waals surface area contributed by atoms with Crippen molar-refractivity contribution in [2.24, 2.45) is 0 Å². The Morgan fingerprint density at radius 2 is 1.18 bits per heavy atom. The number of benzene rings is 4. The van der Waals surface area contributed by atoms with E-state index in [4.69, 9.17) is 9.47 Å². The summed E-state index contributed by atoms with van der Waals surface area (Å²) < 4.78 is 11.2. The largest absolute Gasteiger partial charge is 0.464 e. The zero-order valence-electron chi connectivity index (χ0n) is 18.4. The highest BCUT2D eigenvalue weighted by Crippen LogP contribution is 2.50. The molecule has 4 heteroatoms. The second-order valence-corrected chi connectivity index (χ2v) is 8.69. The molecule has 0 saturated carbocycles. The first-order valence-electron chi connectivity index (χ1n) is 11.3. The molecule has 0 aromatic heterocycles. The molecule has 0 atom stereocenters. The van der Waals surface area contributed by atoms with Crippen LogP contribution in [-0.2, 0) is 24.5 Å². The molecule has 1 radical (unpaired) electrons. The average Bonchev–Trinajstić information content (AvgIpc) is 3.37. The van der Waals surface area contributed by atoms with Gasteiger partial charge < -0.3 is 9.47 Å². The van der Waals surface area contributed by atoms with Crippen LogP contribution in [0.1, 0.15) is 28.2 Å². The third kappa shape index (κ3) is 2.85. The monoisotopic (exact) mass is 445 g/mol. The van der Waals surface area contributed by atoms with Crippen LogP contribution in [0.25, 0.3) is 22.3 Å². The highest BCUT2D eigenvalue weighted by molar-refractivity contribution is 5.98. The summed E-state index contributed by atoms with van der Waals surface area (Å²) in [6.07, 6.45) is 0. The Morgan fingerprint density at radius 1 is 0.706 bits per heavy atom. The quantitative estimate of drug-likeness (QED) is 0.373. The number of esters is 1. The van der Waals surface area contributed by atoms with Crippen LogP contribution in [0.4, 0.5) is 0 Å². The maximum atomic E-state index is 13.9. The fourth-order valence-corrected chi connectivity index (χ4v) is 5.62. The minimum absolute atomic E-state index is 0.0566. The Balaban J connectivity index is 1.40. The molecule has 4 aromatic carbocycles. The van der Waals surface area contributed by atoms with Gasteiger partial charge in [-0.1, -0.05) is 97.1 Å². The summed E-state index contributed by atoms with van der Waals surface area (Å²) in [6, 6.07) is 31.9. The molecule has 0 fully saturated rings. The Hall–Kier alpha value is -4.18. The molecule has 0 amide bonds. The first kappa shape index (κ1) is 20.4. The van der Waals surface area contributed by atoms with Crippen LogP contribution >= 0.6 is 0 Å². The van der Waals surface area contributed by atoms with Crippen molar-refractivity contribution in [1.29, 1.82) is 0 Å². The minimum atomic E-state index is -1.23. The van der Waals surface area contributed by atoms with E-state index in [0.29, 0.717) is 0 Å². The van der Waals surface area contributed by atoms with Gasteiger partial charge in [0.05, 0.1) is 0 Å². The van der Waals surface area contributed by atoms with Crippen molar-refractivity contribution in [1.82, 2.24) is 0 Å². The van der Waals surface area contributed by atoms with E-state index in [1.54, 1.807) is 0 Å². The van der Waals surface area contributed by atoms with E-state index in [0.717, 1.165) is 33.4 Å². The molecule has 165 valence electrons. The van der Waals surface area contributed by atoms with Crippen LogP contribution in [0, 0.1) is 0 Å². The van der Waals surface area contributed by atoms with Gasteiger partial charge in [0.1, 0.15) is 13.2 Å².